The molecule has 0 aliphatic heterocycles. The zero-order valence-corrected chi connectivity index (χ0v) is 11.0. The third-order valence-electron chi connectivity index (χ3n) is 2.47. The predicted octanol–water partition coefficient (Wildman–Crippen LogP) is 1.72. The fourth-order valence-electron chi connectivity index (χ4n) is 1.44. The second kappa shape index (κ2) is 7.48. The number of carbonyl (C=O) groups is 2. The van der Waals surface area contributed by atoms with Gasteiger partial charge in [-0.2, -0.15) is 0 Å². The Morgan fingerprint density at radius 3 is 2.33 bits per heavy atom. The molecule has 0 aliphatic rings. The maximum atomic E-state index is 12.9. The lowest BCUT2D eigenvalue weighted by molar-refractivity contribution is -0.139. The van der Waals surface area contributed by atoms with Crippen molar-refractivity contribution in [2.24, 2.45) is 0 Å². The molecule has 0 saturated carbocycles. The first-order valence-electron chi connectivity index (χ1n) is 5.77. The van der Waals surface area contributed by atoms with Crippen molar-refractivity contribution in [2.45, 2.75) is 12.5 Å². The van der Waals surface area contributed by atoms with Gasteiger partial charge in [-0.05, 0) is 0 Å². The van der Waals surface area contributed by atoms with E-state index in [9.17, 15) is 22.8 Å². The van der Waals surface area contributed by atoms with Crippen molar-refractivity contribution in [2.75, 3.05) is 19.0 Å². The van der Waals surface area contributed by atoms with E-state index in [0.717, 1.165) is 0 Å². The van der Waals surface area contributed by atoms with Crippen LogP contribution in [0.15, 0.2) is 12.1 Å². The summed E-state index contributed by atoms with van der Waals surface area (Å²) in [4.78, 5) is 21.9. The Labute approximate surface area is 117 Å². The van der Waals surface area contributed by atoms with E-state index in [4.69, 9.17) is 9.84 Å². The minimum absolute atomic E-state index is 0.124. The van der Waals surface area contributed by atoms with Gasteiger partial charge < -0.3 is 20.5 Å². The van der Waals surface area contributed by atoms with Gasteiger partial charge in [-0.25, -0.2) is 18.0 Å². The number of hydrogen-bond donors (Lipinski definition) is 3. The summed E-state index contributed by atoms with van der Waals surface area (Å²) in [7, 11) is 1.28. The minimum Gasteiger partial charge on any atom is -0.481 e. The molecule has 0 bridgehead atoms. The number of benzene rings is 1. The lowest BCUT2D eigenvalue weighted by Gasteiger charge is -2.14. The number of aliphatic carboxylic acids is 1. The molecule has 0 spiro atoms. The van der Waals surface area contributed by atoms with E-state index in [1.807, 2.05) is 0 Å². The first-order valence-corrected chi connectivity index (χ1v) is 5.77. The van der Waals surface area contributed by atoms with Crippen molar-refractivity contribution in [1.82, 2.24) is 5.32 Å². The SMILES string of the molecule is COC(CNC(=O)Nc1cc(F)c(F)c(F)c1)CC(=O)O. The van der Waals surface area contributed by atoms with Crippen LogP contribution in [0.25, 0.3) is 0 Å². The maximum Gasteiger partial charge on any atom is 0.319 e. The Morgan fingerprint density at radius 2 is 1.86 bits per heavy atom. The first-order chi connectivity index (χ1) is 9.83. The number of amides is 2. The van der Waals surface area contributed by atoms with Crippen LogP contribution in [0.4, 0.5) is 23.7 Å². The second-order valence-electron chi connectivity index (χ2n) is 4.04. The average Bonchev–Trinajstić information content (AvgIpc) is 2.40. The summed E-state index contributed by atoms with van der Waals surface area (Å²) in [5, 5.41) is 12.9. The minimum atomic E-state index is -1.64. The van der Waals surface area contributed by atoms with E-state index in [2.05, 4.69) is 10.6 Å². The van der Waals surface area contributed by atoms with Gasteiger partial charge in [0.1, 0.15) is 0 Å². The smallest absolute Gasteiger partial charge is 0.319 e. The van der Waals surface area contributed by atoms with Crippen molar-refractivity contribution in [3.8, 4) is 0 Å². The zero-order valence-electron chi connectivity index (χ0n) is 11.0. The molecule has 0 fully saturated rings. The Balaban J connectivity index is 2.56. The van der Waals surface area contributed by atoms with Crippen LogP contribution in [0.1, 0.15) is 6.42 Å². The van der Waals surface area contributed by atoms with Crippen molar-refractivity contribution in [3.63, 3.8) is 0 Å². The number of methoxy groups -OCH3 is 1. The van der Waals surface area contributed by atoms with Crippen LogP contribution in [0, 0.1) is 17.5 Å². The van der Waals surface area contributed by atoms with E-state index in [-0.39, 0.29) is 18.7 Å². The highest BCUT2D eigenvalue weighted by molar-refractivity contribution is 5.89. The van der Waals surface area contributed by atoms with E-state index >= 15 is 0 Å². The predicted molar refractivity (Wildman–Crippen MR) is 66.4 cm³/mol. The van der Waals surface area contributed by atoms with E-state index in [1.54, 1.807) is 0 Å². The molecule has 0 aromatic heterocycles. The molecular weight excluding hydrogens is 293 g/mol. The van der Waals surface area contributed by atoms with E-state index in [1.165, 1.54) is 7.11 Å². The van der Waals surface area contributed by atoms with E-state index < -0.39 is 35.6 Å². The number of carboxylic acid groups (broad SMARTS) is 1. The number of ether oxygens (including phenoxy) is 1. The van der Waals surface area contributed by atoms with Crippen molar-refractivity contribution >= 4 is 17.7 Å². The lowest BCUT2D eigenvalue weighted by Crippen LogP contribution is -2.37. The molecule has 21 heavy (non-hydrogen) atoms. The number of nitrogens with one attached hydrogen (secondary N) is 2. The first kappa shape index (κ1) is 16.8. The van der Waals surface area contributed by atoms with Crippen LogP contribution in [0.3, 0.4) is 0 Å². The summed E-state index contributed by atoms with van der Waals surface area (Å²) < 4.78 is 43.4. The van der Waals surface area contributed by atoms with Crippen molar-refractivity contribution in [3.05, 3.63) is 29.6 Å². The number of carbonyl (C=O) groups excluding carboxylic acids is 1. The van der Waals surface area contributed by atoms with Gasteiger partial charge in [0.25, 0.3) is 0 Å². The molecule has 0 aliphatic carbocycles. The normalized spacial score (nSPS) is 11.8. The highest BCUT2D eigenvalue weighted by atomic mass is 19.2. The monoisotopic (exact) mass is 306 g/mol. The van der Waals surface area contributed by atoms with Gasteiger partial charge >= 0.3 is 12.0 Å². The highest BCUT2D eigenvalue weighted by Crippen LogP contribution is 2.17. The van der Waals surface area contributed by atoms with Crippen LogP contribution in [-0.4, -0.2) is 36.9 Å². The van der Waals surface area contributed by atoms with Gasteiger partial charge in [-0.1, -0.05) is 0 Å². The Bertz CT molecular complexity index is 516. The van der Waals surface area contributed by atoms with Crippen LogP contribution in [0.5, 0.6) is 0 Å². The summed E-state index contributed by atoms with van der Waals surface area (Å²) in [5.41, 5.74) is -0.281. The van der Waals surface area contributed by atoms with Crippen LogP contribution in [-0.2, 0) is 9.53 Å². The molecule has 116 valence electrons. The second-order valence-corrected chi connectivity index (χ2v) is 4.04. The largest absolute Gasteiger partial charge is 0.481 e. The maximum absolute atomic E-state index is 12.9. The van der Waals surface area contributed by atoms with Gasteiger partial charge in [0.2, 0.25) is 0 Å². The third-order valence-corrected chi connectivity index (χ3v) is 2.47. The Kier molecular flexibility index (Phi) is 5.97. The molecular formula is C12H13F3N2O4. The van der Waals surface area contributed by atoms with Gasteiger partial charge in [0.15, 0.2) is 17.5 Å². The van der Waals surface area contributed by atoms with Crippen LogP contribution in [0.2, 0.25) is 0 Å². The van der Waals surface area contributed by atoms with Gasteiger partial charge in [-0.15, -0.1) is 0 Å². The Hall–Kier alpha value is -2.29. The molecule has 0 radical (unpaired) electrons. The molecule has 2 amide bonds. The number of carboxylic acids is 1. The highest BCUT2D eigenvalue weighted by Gasteiger charge is 2.15. The number of hydrogen-bond acceptors (Lipinski definition) is 3. The number of halogens is 3. The molecule has 3 N–H and O–H groups in total. The summed E-state index contributed by atoms with van der Waals surface area (Å²) in [6.07, 6.45) is -1.08. The van der Waals surface area contributed by atoms with Crippen molar-refractivity contribution in [1.29, 1.82) is 0 Å². The standard InChI is InChI=1S/C12H13F3N2O4/c1-21-7(4-10(18)19)5-16-12(20)17-6-2-8(13)11(15)9(14)3-6/h2-3,7H,4-5H2,1H3,(H,18,19)(H2,16,17,20). The number of anilines is 1. The number of urea groups is 1. The van der Waals surface area contributed by atoms with Gasteiger partial charge in [0, 0.05) is 31.5 Å². The Morgan fingerprint density at radius 1 is 1.29 bits per heavy atom. The fourth-order valence-corrected chi connectivity index (χ4v) is 1.44. The van der Waals surface area contributed by atoms with Gasteiger partial charge in [0.05, 0.1) is 12.5 Å². The van der Waals surface area contributed by atoms with Gasteiger partial charge in [-0.3, -0.25) is 4.79 Å². The molecule has 6 nitrogen and oxygen atoms in total. The molecule has 0 heterocycles. The summed E-state index contributed by atoms with van der Waals surface area (Å²) in [6.45, 7) is -0.124. The van der Waals surface area contributed by atoms with E-state index in [0.29, 0.717) is 12.1 Å². The summed E-state index contributed by atoms with van der Waals surface area (Å²) >= 11 is 0. The summed E-state index contributed by atoms with van der Waals surface area (Å²) in [6, 6.07) is 0.388. The lowest BCUT2D eigenvalue weighted by atomic mass is 10.2. The zero-order chi connectivity index (χ0) is 16.0. The molecule has 1 atom stereocenters. The summed E-state index contributed by atoms with van der Waals surface area (Å²) in [5.74, 6) is -5.62. The molecule has 1 aromatic rings. The van der Waals surface area contributed by atoms with Crippen LogP contribution < -0.4 is 10.6 Å². The molecule has 1 aromatic carbocycles. The molecule has 0 saturated heterocycles. The molecule has 1 unspecified atom stereocenters. The van der Waals surface area contributed by atoms with Crippen LogP contribution >= 0.6 is 0 Å². The van der Waals surface area contributed by atoms with Crippen molar-refractivity contribution < 1.29 is 32.6 Å². The fraction of sp³-hybridized carbons (Fsp3) is 0.333. The topological polar surface area (TPSA) is 87.7 Å². The number of rotatable bonds is 6. The average molecular weight is 306 g/mol. The quantitative estimate of drug-likeness (QED) is 0.698. The molecule has 1 rings (SSSR count). The molecule has 9 heteroatoms. The third kappa shape index (κ3) is 5.30.